The van der Waals surface area contributed by atoms with Gasteiger partial charge >= 0.3 is 18.0 Å². The van der Waals surface area contributed by atoms with E-state index in [1.807, 2.05) is 0 Å². The molecule has 112 valence electrons. The van der Waals surface area contributed by atoms with Crippen LogP contribution in [0.5, 0.6) is 0 Å². The van der Waals surface area contributed by atoms with Crippen LogP contribution in [-0.2, 0) is 9.47 Å². The third kappa shape index (κ3) is 4.34. The predicted molar refractivity (Wildman–Crippen MR) is 76.1 cm³/mol. The molecule has 0 radical (unpaired) electrons. The largest absolute Gasteiger partial charge is 0.465 e. The maximum atomic E-state index is 11.7. The second-order valence-corrected chi connectivity index (χ2v) is 3.84. The van der Waals surface area contributed by atoms with Crippen molar-refractivity contribution in [2.24, 2.45) is 0 Å². The molecule has 0 atom stereocenters. The highest BCUT2D eigenvalue weighted by Crippen LogP contribution is 2.19. The van der Waals surface area contributed by atoms with Gasteiger partial charge in [-0.25, -0.2) is 14.4 Å². The van der Waals surface area contributed by atoms with Gasteiger partial charge in [-0.15, -0.1) is 0 Å². The Morgan fingerprint density at radius 2 is 1.76 bits per heavy atom. The van der Waals surface area contributed by atoms with Gasteiger partial charge in [0, 0.05) is 6.20 Å². The summed E-state index contributed by atoms with van der Waals surface area (Å²) in [5.41, 5.74) is 0.471. The molecule has 1 aromatic rings. The normalized spacial score (nSPS) is 10.0. The van der Waals surface area contributed by atoms with Gasteiger partial charge < -0.3 is 20.1 Å². The van der Waals surface area contributed by atoms with E-state index in [1.54, 1.807) is 13.0 Å². The highest BCUT2D eigenvalue weighted by Gasteiger charge is 2.16. The lowest BCUT2D eigenvalue weighted by Crippen LogP contribution is -2.25. The summed E-state index contributed by atoms with van der Waals surface area (Å²) >= 11 is 0. The van der Waals surface area contributed by atoms with Crippen LogP contribution in [-0.4, -0.2) is 32.2 Å². The van der Waals surface area contributed by atoms with Gasteiger partial charge in [0.25, 0.3) is 0 Å². The van der Waals surface area contributed by atoms with Crippen LogP contribution in [0.2, 0.25) is 0 Å². The zero-order valence-electron chi connectivity index (χ0n) is 11.9. The van der Waals surface area contributed by atoms with E-state index >= 15 is 0 Å². The number of benzene rings is 1. The number of nitrogens with one attached hydrogen (secondary N) is 2. The molecule has 0 aliphatic rings. The van der Waals surface area contributed by atoms with Crippen molar-refractivity contribution < 1.29 is 23.9 Å². The SMILES string of the molecule is C/C=C/NC(=O)Nc1cc(C(=O)OC)ccc1C(=O)OC. The van der Waals surface area contributed by atoms with Gasteiger partial charge in [0.15, 0.2) is 0 Å². The Morgan fingerprint density at radius 1 is 1.10 bits per heavy atom. The molecule has 7 heteroatoms. The Balaban J connectivity index is 3.13. The monoisotopic (exact) mass is 292 g/mol. The molecule has 0 aromatic heterocycles. The predicted octanol–water partition coefficient (Wildman–Crippen LogP) is 1.91. The number of methoxy groups -OCH3 is 2. The van der Waals surface area contributed by atoms with Crippen LogP contribution in [0.15, 0.2) is 30.5 Å². The summed E-state index contributed by atoms with van der Waals surface area (Å²) in [6.07, 6.45) is 3.06. The van der Waals surface area contributed by atoms with E-state index in [1.165, 1.54) is 38.6 Å². The van der Waals surface area contributed by atoms with E-state index in [0.29, 0.717) is 0 Å². The fourth-order valence-electron chi connectivity index (χ4n) is 1.50. The summed E-state index contributed by atoms with van der Waals surface area (Å²) in [6, 6.07) is 3.57. The summed E-state index contributed by atoms with van der Waals surface area (Å²) in [6.45, 7) is 1.73. The van der Waals surface area contributed by atoms with Gasteiger partial charge in [-0.1, -0.05) is 6.08 Å². The Labute approximate surface area is 121 Å². The van der Waals surface area contributed by atoms with Crippen LogP contribution >= 0.6 is 0 Å². The minimum Gasteiger partial charge on any atom is -0.465 e. The molecule has 0 bridgehead atoms. The Morgan fingerprint density at radius 3 is 2.33 bits per heavy atom. The minimum atomic E-state index is -0.632. The van der Waals surface area contributed by atoms with Gasteiger partial charge in [0.2, 0.25) is 0 Å². The Kier molecular flexibility index (Phi) is 5.94. The molecule has 0 unspecified atom stereocenters. The second kappa shape index (κ2) is 7.68. The van der Waals surface area contributed by atoms with Crippen molar-refractivity contribution >= 4 is 23.7 Å². The fourth-order valence-corrected chi connectivity index (χ4v) is 1.50. The van der Waals surface area contributed by atoms with E-state index in [4.69, 9.17) is 0 Å². The van der Waals surface area contributed by atoms with Crippen molar-refractivity contribution in [3.8, 4) is 0 Å². The molecule has 0 spiro atoms. The maximum Gasteiger partial charge on any atom is 0.339 e. The average molecular weight is 292 g/mol. The molecule has 21 heavy (non-hydrogen) atoms. The van der Waals surface area contributed by atoms with E-state index in [0.717, 1.165) is 0 Å². The van der Waals surface area contributed by atoms with Gasteiger partial charge in [0.1, 0.15) is 0 Å². The fraction of sp³-hybridized carbons (Fsp3) is 0.214. The maximum absolute atomic E-state index is 11.7. The van der Waals surface area contributed by atoms with Crippen LogP contribution < -0.4 is 10.6 Å². The number of allylic oxidation sites excluding steroid dienone is 1. The first-order valence-electron chi connectivity index (χ1n) is 6.02. The average Bonchev–Trinajstić information content (AvgIpc) is 2.51. The van der Waals surface area contributed by atoms with Crippen molar-refractivity contribution in [3.05, 3.63) is 41.6 Å². The van der Waals surface area contributed by atoms with Gasteiger partial charge in [-0.05, 0) is 25.1 Å². The first-order chi connectivity index (χ1) is 10.0. The molecule has 2 N–H and O–H groups in total. The van der Waals surface area contributed by atoms with Gasteiger partial charge in [0.05, 0.1) is 31.0 Å². The summed E-state index contributed by atoms with van der Waals surface area (Å²) in [7, 11) is 2.46. The number of hydrogen-bond acceptors (Lipinski definition) is 5. The van der Waals surface area contributed by atoms with E-state index in [2.05, 4.69) is 20.1 Å². The number of urea groups is 1. The smallest absolute Gasteiger partial charge is 0.339 e. The number of amides is 2. The highest BCUT2D eigenvalue weighted by atomic mass is 16.5. The Hall–Kier alpha value is -2.83. The van der Waals surface area contributed by atoms with Crippen molar-refractivity contribution in [1.29, 1.82) is 0 Å². The molecule has 1 rings (SSSR count). The Bertz CT molecular complexity index is 581. The number of carbonyl (C=O) groups excluding carboxylic acids is 3. The van der Waals surface area contributed by atoms with E-state index in [9.17, 15) is 14.4 Å². The van der Waals surface area contributed by atoms with E-state index in [-0.39, 0.29) is 16.8 Å². The molecule has 0 fully saturated rings. The number of ether oxygens (including phenoxy) is 2. The lowest BCUT2D eigenvalue weighted by atomic mass is 10.1. The van der Waals surface area contributed by atoms with Gasteiger partial charge in [-0.2, -0.15) is 0 Å². The molecule has 0 aliphatic carbocycles. The number of anilines is 1. The number of hydrogen-bond donors (Lipinski definition) is 2. The summed E-state index contributed by atoms with van der Waals surface area (Å²) in [4.78, 5) is 34.8. The van der Waals surface area contributed by atoms with Crippen LogP contribution in [0.25, 0.3) is 0 Å². The van der Waals surface area contributed by atoms with Crippen LogP contribution in [0, 0.1) is 0 Å². The minimum absolute atomic E-state index is 0.126. The molecule has 7 nitrogen and oxygen atoms in total. The van der Waals surface area contributed by atoms with Crippen LogP contribution in [0.1, 0.15) is 27.6 Å². The second-order valence-electron chi connectivity index (χ2n) is 3.84. The molecule has 0 saturated carbocycles. The highest BCUT2D eigenvalue weighted by molar-refractivity contribution is 6.03. The molecule has 1 aromatic carbocycles. The van der Waals surface area contributed by atoms with Crippen molar-refractivity contribution in [3.63, 3.8) is 0 Å². The number of rotatable bonds is 4. The molecule has 0 saturated heterocycles. The summed E-state index contributed by atoms with van der Waals surface area (Å²) in [5, 5.41) is 4.90. The molecule has 0 heterocycles. The summed E-state index contributed by atoms with van der Waals surface area (Å²) in [5.74, 6) is -1.21. The lowest BCUT2D eigenvalue weighted by molar-refractivity contribution is 0.0587. The van der Waals surface area contributed by atoms with Crippen LogP contribution in [0.4, 0.5) is 10.5 Å². The molecule has 2 amide bonds. The molecular formula is C14H16N2O5. The first kappa shape index (κ1) is 16.2. The van der Waals surface area contributed by atoms with Crippen LogP contribution in [0.3, 0.4) is 0 Å². The third-order valence-electron chi connectivity index (χ3n) is 2.48. The topological polar surface area (TPSA) is 93.7 Å². The van der Waals surface area contributed by atoms with Crippen molar-refractivity contribution in [2.45, 2.75) is 6.92 Å². The first-order valence-corrected chi connectivity index (χ1v) is 6.02. The van der Waals surface area contributed by atoms with Crippen molar-refractivity contribution in [1.82, 2.24) is 5.32 Å². The third-order valence-corrected chi connectivity index (χ3v) is 2.48. The number of esters is 2. The van der Waals surface area contributed by atoms with E-state index < -0.39 is 18.0 Å². The molecule has 0 aliphatic heterocycles. The zero-order valence-corrected chi connectivity index (χ0v) is 11.9. The van der Waals surface area contributed by atoms with Gasteiger partial charge in [-0.3, -0.25) is 0 Å². The quantitative estimate of drug-likeness (QED) is 0.827. The standard InChI is InChI=1S/C14H16N2O5/c1-4-7-15-14(19)16-11-8-9(12(17)20-2)5-6-10(11)13(18)21-3/h4-8H,1-3H3,(H2,15,16,19)/b7-4+. The van der Waals surface area contributed by atoms with Crippen molar-refractivity contribution in [2.75, 3.05) is 19.5 Å². The lowest BCUT2D eigenvalue weighted by Gasteiger charge is -2.11. The zero-order chi connectivity index (χ0) is 15.8. The summed E-state index contributed by atoms with van der Waals surface area (Å²) < 4.78 is 9.22. The molecular weight excluding hydrogens is 276 g/mol. The number of carbonyl (C=O) groups is 3.